The van der Waals surface area contributed by atoms with Gasteiger partial charge in [-0.1, -0.05) is 6.92 Å². The Hall–Kier alpha value is -1.10. The summed E-state index contributed by atoms with van der Waals surface area (Å²) in [5.74, 6) is -1.84. The molecule has 0 saturated carbocycles. The predicted molar refractivity (Wildman–Crippen MR) is 43.5 cm³/mol. The van der Waals surface area contributed by atoms with Crippen molar-refractivity contribution in [2.24, 2.45) is 11.7 Å². The van der Waals surface area contributed by atoms with Crippen molar-refractivity contribution in [3.63, 3.8) is 0 Å². The van der Waals surface area contributed by atoms with E-state index in [2.05, 4.69) is 5.32 Å². The van der Waals surface area contributed by atoms with Gasteiger partial charge in [-0.2, -0.15) is 0 Å². The number of hydrogen-bond donors (Lipinski definition) is 3. The molecule has 4 N–H and O–H groups in total. The quantitative estimate of drug-likeness (QED) is 0.518. The van der Waals surface area contributed by atoms with Crippen LogP contribution < -0.4 is 11.1 Å². The van der Waals surface area contributed by atoms with Crippen LogP contribution in [0.25, 0.3) is 0 Å². The number of hydrogen-bond acceptors (Lipinski definition) is 3. The highest BCUT2D eigenvalue weighted by Crippen LogP contribution is 1.91. The summed E-state index contributed by atoms with van der Waals surface area (Å²) in [5, 5.41) is 10.9. The standard InChI is InChI=1S/C7H14N2O3/c1-4(7(11)12)3-9-6(10)5(2)8/h4-5H,3,8H2,1-2H3,(H,9,10)(H,11,12)/t4?,5-/m0/s1. The van der Waals surface area contributed by atoms with E-state index in [-0.39, 0.29) is 12.5 Å². The molecule has 0 rings (SSSR count). The number of carbonyl (C=O) groups is 2. The summed E-state index contributed by atoms with van der Waals surface area (Å²) in [7, 11) is 0. The normalized spacial score (nSPS) is 14.9. The first kappa shape index (κ1) is 10.9. The Bertz CT molecular complexity index is 179. The molecule has 0 aliphatic heterocycles. The topological polar surface area (TPSA) is 92.4 Å². The fourth-order valence-corrected chi connectivity index (χ4v) is 0.502. The number of carboxylic acids is 1. The summed E-state index contributed by atoms with van der Waals surface area (Å²) in [6, 6.07) is -0.592. The largest absolute Gasteiger partial charge is 0.481 e. The molecule has 0 fully saturated rings. The summed E-state index contributed by atoms with van der Waals surface area (Å²) in [5.41, 5.74) is 5.24. The molecule has 12 heavy (non-hydrogen) atoms. The van der Waals surface area contributed by atoms with E-state index in [1.165, 1.54) is 6.92 Å². The second-order valence-electron chi connectivity index (χ2n) is 2.77. The average Bonchev–Trinajstić information content (AvgIpc) is 1.98. The maximum Gasteiger partial charge on any atom is 0.308 e. The van der Waals surface area contributed by atoms with E-state index in [9.17, 15) is 9.59 Å². The molecule has 0 aromatic rings. The molecule has 1 amide bonds. The van der Waals surface area contributed by atoms with Gasteiger partial charge in [-0.15, -0.1) is 0 Å². The van der Waals surface area contributed by atoms with Gasteiger partial charge >= 0.3 is 5.97 Å². The molecule has 5 nitrogen and oxygen atoms in total. The molecule has 0 radical (unpaired) electrons. The Morgan fingerprint density at radius 3 is 2.33 bits per heavy atom. The van der Waals surface area contributed by atoms with E-state index in [0.717, 1.165) is 0 Å². The highest BCUT2D eigenvalue weighted by Gasteiger charge is 2.13. The van der Waals surface area contributed by atoms with Gasteiger partial charge in [-0.3, -0.25) is 9.59 Å². The van der Waals surface area contributed by atoms with Crippen LogP contribution in [0.4, 0.5) is 0 Å². The third-order valence-corrected chi connectivity index (χ3v) is 1.42. The summed E-state index contributed by atoms with van der Waals surface area (Å²) in [4.78, 5) is 21.1. The number of rotatable bonds is 4. The molecule has 70 valence electrons. The molecule has 2 atom stereocenters. The third kappa shape index (κ3) is 3.92. The lowest BCUT2D eigenvalue weighted by Crippen LogP contribution is -2.41. The smallest absolute Gasteiger partial charge is 0.308 e. The van der Waals surface area contributed by atoms with Crippen LogP contribution in [0.2, 0.25) is 0 Å². The lowest BCUT2D eigenvalue weighted by atomic mass is 10.2. The number of nitrogens with one attached hydrogen (secondary N) is 1. The zero-order valence-corrected chi connectivity index (χ0v) is 7.20. The van der Waals surface area contributed by atoms with Gasteiger partial charge in [0.15, 0.2) is 0 Å². The van der Waals surface area contributed by atoms with E-state index in [4.69, 9.17) is 10.8 Å². The van der Waals surface area contributed by atoms with E-state index >= 15 is 0 Å². The molecule has 0 aromatic carbocycles. The van der Waals surface area contributed by atoms with Crippen molar-refractivity contribution in [2.75, 3.05) is 6.54 Å². The van der Waals surface area contributed by atoms with Crippen molar-refractivity contribution in [2.45, 2.75) is 19.9 Å². The molecule has 0 spiro atoms. The number of nitrogens with two attached hydrogens (primary N) is 1. The first-order chi connectivity index (χ1) is 5.45. The SMILES string of the molecule is CC(CNC(=O)[C@H](C)N)C(=O)O. The van der Waals surface area contributed by atoms with E-state index < -0.39 is 17.9 Å². The van der Waals surface area contributed by atoms with Crippen LogP contribution in [0.5, 0.6) is 0 Å². The summed E-state index contributed by atoms with van der Waals surface area (Å²) < 4.78 is 0. The molecular formula is C7H14N2O3. The van der Waals surface area contributed by atoms with E-state index in [1.54, 1.807) is 6.92 Å². The minimum atomic E-state index is -0.931. The Morgan fingerprint density at radius 1 is 1.50 bits per heavy atom. The monoisotopic (exact) mass is 174 g/mol. The lowest BCUT2D eigenvalue weighted by molar-refractivity contribution is -0.141. The average molecular weight is 174 g/mol. The van der Waals surface area contributed by atoms with Gasteiger partial charge in [-0.25, -0.2) is 0 Å². The zero-order chi connectivity index (χ0) is 9.72. The van der Waals surface area contributed by atoms with Crippen LogP contribution >= 0.6 is 0 Å². The maximum atomic E-state index is 10.8. The third-order valence-electron chi connectivity index (χ3n) is 1.42. The molecule has 0 heterocycles. The molecule has 1 unspecified atom stereocenters. The molecular weight excluding hydrogens is 160 g/mol. The number of aliphatic carboxylic acids is 1. The number of amides is 1. The van der Waals surface area contributed by atoms with Gasteiger partial charge in [0.05, 0.1) is 12.0 Å². The van der Waals surface area contributed by atoms with Crippen LogP contribution in [-0.4, -0.2) is 29.6 Å². The van der Waals surface area contributed by atoms with Gasteiger partial charge in [0, 0.05) is 6.54 Å². The van der Waals surface area contributed by atoms with Gasteiger partial charge in [-0.05, 0) is 6.92 Å². The van der Waals surface area contributed by atoms with Gasteiger partial charge in [0.25, 0.3) is 0 Å². The Morgan fingerprint density at radius 2 is 2.00 bits per heavy atom. The van der Waals surface area contributed by atoms with Crippen molar-refractivity contribution in [3.8, 4) is 0 Å². The van der Waals surface area contributed by atoms with Crippen LogP contribution in [0, 0.1) is 5.92 Å². The zero-order valence-electron chi connectivity index (χ0n) is 7.20. The van der Waals surface area contributed by atoms with Crippen LogP contribution in [-0.2, 0) is 9.59 Å². The van der Waals surface area contributed by atoms with Crippen molar-refractivity contribution in [1.29, 1.82) is 0 Å². The van der Waals surface area contributed by atoms with Crippen molar-refractivity contribution in [1.82, 2.24) is 5.32 Å². The molecule has 0 aliphatic carbocycles. The molecule has 5 heteroatoms. The fraction of sp³-hybridized carbons (Fsp3) is 0.714. The Labute approximate surface area is 70.9 Å². The van der Waals surface area contributed by atoms with Gasteiger partial charge in [0.1, 0.15) is 0 Å². The Balaban J connectivity index is 3.69. The maximum absolute atomic E-state index is 10.8. The van der Waals surface area contributed by atoms with Gasteiger partial charge in [0.2, 0.25) is 5.91 Å². The second kappa shape index (κ2) is 4.71. The molecule has 0 aliphatic rings. The highest BCUT2D eigenvalue weighted by molar-refractivity contribution is 5.81. The van der Waals surface area contributed by atoms with Gasteiger partial charge < -0.3 is 16.2 Å². The molecule has 0 bridgehead atoms. The Kier molecular flexibility index (Phi) is 4.28. The first-order valence-corrected chi connectivity index (χ1v) is 3.71. The number of carbonyl (C=O) groups excluding carboxylic acids is 1. The number of carboxylic acid groups (broad SMARTS) is 1. The summed E-state index contributed by atoms with van der Waals surface area (Å²) in [6.07, 6.45) is 0. The fourth-order valence-electron chi connectivity index (χ4n) is 0.502. The van der Waals surface area contributed by atoms with E-state index in [0.29, 0.717) is 0 Å². The first-order valence-electron chi connectivity index (χ1n) is 3.71. The van der Waals surface area contributed by atoms with Crippen LogP contribution in [0.3, 0.4) is 0 Å². The second-order valence-corrected chi connectivity index (χ2v) is 2.77. The van der Waals surface area contributed by atoms with Crippen molar-refractivity contribution in [3.05, 3.63) is 0 Å². The van der Waals surface area contributed by atoms with E-state index in [1.807, 2.05) is 0 Å². The highest BCUT2D eigenvalue weighted by atomic mass is 16.4. The summed E-state index contributed by atoms with van der Waals surface area (Å²) >= 11 is 0. The predicted octanol–water partition coefficient (Wildman–Crippen LogP) is -0.829. The lowest BCUT2D eigenvalue weighted by Gasteiger charge is -2.09. The molecule has 0 aromatic heterocycles. The van der Waals surface area contributed by atoms with Crippen molar-refractivity contribution < 1.29 is 14.7 Å². The van der Waals surface area contributed by atoms with Crippen molar-refractivity contribution >= 4 is 11.9 Å². The summed E-state index contributed by atoms with van der Waals surface area (Å²) in [6.45, 7) is 3.18. The minimum Gasteiger partial charge on any atom is -0.481 e. The van der Waals surface area contributed by atoms with Crippen LogP contribution in [0.15, 0.2) is 0 Å². The molecule has 0 saturated heterocycles. The van der Waals surface area contributed by atoms with Crippen LogP contribution in [0.1, 0.15) is 13.8 Å². The minimum absolute atomic E-state index is 0.121.